The van der Waals surface area contributed by atoms with Crippen LogP contribution in [0.5, 0.6) is 0 Å². The third kappa shape index (κ3) is 3.06. The van der Waals surface area contributed by atoms with Crippen LogP contribution in [0.2, 0.25) is 10.0 Å². The number of carboxylic acids is 1. The van der Waals surface area contributed by atoms with Crippen molar-refractivity contribution < 1.29 is 9.90 Å². The normalized spacial score (nSPS) is 10.4. The molecule has 0 radical (unpaired) electrons. The zero-order chi connectivity index (χ0) is 14.9. The largest absolute Gasteiger partial charge is 0.478 e. The molecule has 20 heavy (non-hydrogen) atoms. The maximum atomic E-state index is 11.2. The van der Waals surface area contributed by atoms with E-state index in [0.717, 1.165) is 11.1 Å². The summed E-state index contributed by atoms with van der Waals surface area (Å²) in [6, 6.07) is 8.49. The summed E-state index contributed by atoms with van der Waals surface area (Å²) in [5.74, 6) is -0.998. The van der Waals surface area contributed by atoms with Crippen molar-refractivity contribution in [3.8, 4) is 0 Å². The minimum atomic E-state index is -0.998. The predicted octanol–water partition coefficient (Wildman–Crippen LogP) is 5.05. The molecule has 5 heteroatoms. The molecule has 0 unspecified atom stereocenters. The molecule has 0 atom stereocenters. The number of aryl methyl sites for hydroxylation is 2. The van der Waals surface area contributed by atoms with Crippen molar-refractivity contribution in [2.24, 2.45) is 0 Å². The highest BCUT2D eigenvalue weighted by Crippen LogP contribution is 2.32. The fourth-order valence-electron chi connectivity index (χ4n) is 1.84. The average Bonchev–Trinajstić information content (AvgIpc) is 2.35. The minimum absolute atomic E-state index is 0.184. The molecule has 0 bridgehead atoms. The Hall–Kier alpha value is -1.71. The molecule has 2 N–H and O–H groups in total. The first kappa shape index (κ1) is 14.7. The zero-order valence-corrected chi connectivity index (χ0v) is 12.5. The molecule has 0 aliphatic rings. The van der Waals surface area contributed by atoms with E-state index in [1.54, 1.807) is 30.3 Å². The number of benzene rings is 2. The zero-order valence-electron chi connectivity index (χ0n) is 11.0. The van der Waals surface area contributed by atoms with Gasteiger partial charge in [-0.15, -0.1) is 0 Å². The molecular formula is C15H13Cl2NO2. The van der Waals surface area contributed by atoms with Gasteiger partial charge in [0.1, 0.15) is 0 Å². The van der Waals surface area contributed by atoms with Crippen LogP contribution in [0, 0.1) is 13.8 Å². The number of carbonyl (C=O) groups is 1. The molecule has 0 aromatic heterocycles. The summed E-state index contributed by atoms with van der Waals surface area (Å²) in [4.78, 5) is 11.2. The molecule has 0 spiro atoms. The molecule has 2 rings (SSSR count). The Morgan fingerprint density at radius 3 is 2.40 bits per heavy atom. The number of halogens is 2. The van der Waals surface area contributed by atoms with Gasteiger partial charge in [0.2, 0.25) is 0 Å². The molecule has 0 amide bonds. The third-order valence-corrected chi connectivity index (χ3v) is 3.64. The number of hydrogen-bond acceptors (Lipinski definition) is 2. The second-order valence-electron chi connectivity index (χ2n) is 4.56. The first-order valence-corrected chi connectivity index (χ1v) is 6.70. The van der Waals surface area contributed by atoms with E-state index in [4.69, 9.17) is 23.2 Å². The molecular weight excluding hydrogens is 297 g/mol. The van der Waals surface area contributed by atoms with Gasteiger partial charge < -0.3 is 10.4 Å². The molecule has 0 aliphatic heterocycles. The summed E-state index contributed by atoms with van der Waals surface area (Å²) in [6.07, 6.45) is 0. The Morgan fingerprint density at radius 2 is 1.75 bits per heavy atom. The fourth-order valence-corrected chi connectivity index (χ4v) is 2.26. The van der Waals surface area contributed by atoms with Gasteiger partial charge in [-0.25, -0.2) is 4.79 Å². The molecule has 2 aromatic rings. The lowest BCUT2D eigenvalue weighted by atomic mass is 10.1. The Kier molecular flexibility index (Phi) is 4.21. The number of hydrogen-bond donors (Lipinski definition) is 2. The number of aromatic carboxylic acids is 1. The highest BCUT2D eigenvalue weighted by Gasteiger charge is 2.12. The number of nitrogens with one attached hydrogen (secondary N) is 1. The van der Waals surface area contributed by atoms with Crippen molar-refractivity contribution in [3.05, 3.63) is 57.1 Å². The van der Waals surface area contributed by atoms with Crippen molar-refractivity contribution in [3.63, 3.8) is 0 Å². The number of anilines is 2. The molecule has 0 saturated heterocycles. The van der Waals surface area contributed by atoms with Gasteiger partial charge in [-0.05, 0) is 49.2 Å². The summed E-state index contributed by atoms with van der Waals surface area (Å²) in [5.41, 5.74) is 3.06. The average molecular weight is 310 g/mol. The van der Waals surface area contributed by atoms with Crippen LogP contribution >= 0.6 is 23.2 Å². The van der Waals surface area contributed by atoms with Crippen molar-refractivity contribution in [2.45, 2.75) is 13.8 Å². The van der Waals surface area contributed by atoms with Gasteiger partial charge in [-0.3, -0.25) is 0 Å². The highest BCUT2D eigenvalue weighted by atomic mass is 35.5. The van der Waals surface area contributed by atoms with Gasteiger partial charge in [0, 0.05) is 5.02 Å². The van der Waals surface area contributed by atoms with Crippen LogP contribution in [-0.4, -0.2) is 11.1 Å². The third-order valence-electron chi connectivity index (χ3n) is 2.92. The molecule has 0 fully saturated rings. The Morgan fingerprint density at radius 1 is 1.05 bits per heavy atom. The maximum Gasteiger partial charge on any atom is 0.337 e. The van der Waals surface area contributed by atoms with Gasteiger partial charge in [0.05, 0.1) is 22.0 Å². The van der Waals surface area contributed by atoms with E-state index >= 15 is 0 Å². The Balaban J connectivity index is 2.47. The van der Waals surface area contributed by atoms with Gasteiger partial charge in [0.15, 0.2) is 0 Å². The van der Waals surface area contributed by atoms with Crippen molar-refractivity contribution in [1.82, 2.24) is 0 Å². The van der Waals surface area contributed by atoms with E-state index in [0.29, 0.717) is 21.4 Å². The molecule has 2 aromatic carbocycles. The lowest BCUT2D eigenvalue weighted by Gasteiger charge is -2.13. The summed E-state index contributed by atoms with van der Waals surface area (Å²) in [7, 11) is 0. The molecule has 0 saturated carbocycles. The fraction of sp³-hybridized carbons (Fsp3) is 0.133. The van der Waals surface area contributed by atoms with Crippen molar-refractivity contribution in [2.75, 3.05) is 5.32 Å². The van der Waals surface area contributed by atoms with Crippen LogP contribution in [0.25, 0.3) is 0 Å². The second kappa shape index (κ2) is 5.73. The topological polar surface area (TPSA) is 49.3 Å². The molecule has 0 heterocycles. The van der Waals surface area contributed by atoms with Gasteiger partial charge in [-0.1, -0.05) is 29.3 Å². The Bertz CT molecular complexity index is 684. The Labute approximate surface area is 127 Å². The van der Waals surface area contributed by atoms with E-state index in [1.807, 2.05) is 13.8 Å². The van der Waals surface area contributed by atoms with Crippen molar-refractivity contribution in [1.29, 1.82) is 0 Å². The lowest BCUT2D eigenvalue weighted by Crippen LogP contribution is -2.03. The summed E-state index contributed by atoms with van der Waals surface area (Å²) in [6.45, 7) is 3.74. The lowest BCUT2D eigenvalue weighted by molar-refractivity contribution is 0.0698. The van der Waals surface area contributed by atoms with Gasteiger partial charge >= 0.3 is 5.97 Å². The van der Waals surface area contributed by atoms with Crippen LogP contribution < -0.4 is 5.32 Å². The second-order valence-corrected chi connectivity index (χ2v) is 5.37. The minimum Gasteiger partial charge on any atom is -0.478 e. The monoisotopic (exact) mass is 309 g/mol. The quantitative estimate of drug-likeness (QED) is 0.834. The molecule has 104 valence electrons. The first-order chi connectivity index (χ1) is 9.38. The molecule has 0 aliphatic carbocycles. The molecule has 3 nitrogen and oxygen atoms in total. The van der Waals surface area contributed by atoms with E-state index in [9.17, 15) is 9.90 Å². The smallest absolute Gasteiger partial charge is 0.337 e. The predicted molar refractivity (Wildman–Crippen MR) is 82.6 cm³/mol. The number of rotatable bonds is 3. The van der Waals surface area contributed by atoms with E-state index in [-0.39, 0.29) is 5.56 Å². The summed E-state index contributed by atoms with van der Waals surface area (Å²) in [5, 5.41) is 13.3. The highest BCUT2D eigenvalue weighted by molar-refractivity contribution is 6.35. The van der Waals surface area contributed by atoms with Crippen LogP contribution in [0.3, 0.4) is 0 Å². The van der Waals surface area contributed by atoms with Crippen LogP contribution in [0.1, 0.15) is 21.5 Å². The van der Waals surface area contributed by atoms with Crippen LogP contribution in [0.15, 0.2) is 30.3 Å². The van der Waals surface area contributed by atoms with E-state index in [2.05, 4.69) is 5.32 Å². The SMILES string of the molecule is Cc1ccc(C(=O)O)c(Nc2cc(Cl)c(C)cc2Cl)c1. The van der Waals surface area contributed by atoms with Gasteiger partial charge in [0.25, 0.3) is 0 Å². The number of carboxylic acid groups (broad SMARTS) is 1. The van der Waals surface area contributed by atoms with Crippen molar-refractivity contribution >= 4 is 40.5 Å². The summed E-state index contributed by atoms with van der Waals surface area (Å²) < 4.78 is 0. The standard InChI is InChI=1S/C15H13Cl2NO2/c1-8-3-4-10(15(19)20)13(5-8)18-14-7-11(16)9(2)6-12(14)17/h3-7,18H,1-2H3,(H,19,20). The van der Waals surface area contributed by atoms with E-state index < -0.39 is 5.97 Å². The van der Waals surface area contributed by atoms with Gasteiger partial charge in [-0.2, -0.15) is 0 Å². The first-order valence-electron chi connectivity index (χ1n) is 5.95. The summed E-state index contributed by atoms with van der Waals surface area (Å²) >= 11 is 12.2. The van der Waals surface area contributed by atoms with Crippen LogP contribution in [-0.2, 0) is 0 Å². The van der Waals surface area contributed by atoms with Crippen LogP contribution in [0.4, 0.5) is 11.4 Å². The van der Waals surface area contributed by atoms with E-state index in [1.165, 1.54) is 0 Å². The maximum absolute atomic E-state index is 11.2.